The summed E-state index contributed by atoms with van der Waals surface area (Å²) in [4.78, 5) is 10.3. The Kier molecular flexibility index (Phi) is 4.24. The Morgan fingerprint density at radius 1 is 1.47 bits per heavy atom. The van der Waals surface area contributed by atoms with Crippen molar-refractivity contribution in [1.82, 2.24) is 0 Å². The molecule has 0 spiro atoms. The predicted octanol–water partition coefficient (Wildman–Crippen LogP) is 2.30. The van der Waals surface area contributed by atoms with E-state index in [0.29, 0.717) is 12.8 Å². The Morgan fingerprint density at radius 3 is 2.73 bits per heavy atom. The first-order valence-corrected chi connectivity index (χ1v) is 5.01. The van der Waals surface area contributed by atoms with Crippen molar-refractivity contribution in [2.24, 2.45) is 0 Å². The molecule has 0 aromatic heterocycles. The van der Waals surface area contributed by atoms with Gasteiger partial charge in [0, 0.05) is 11.6 Å². The van der Waals surface area contributed by atoms with Gasteiger partial charge >= 0.3 is 0 Å². The fourth-order valence-corrected chi connectivity index (χ4v) is 1.49. The van der Waals surface area contributed by atoms with Gasteiger partial charge in [-0.25, -0.2) is 0 Å². The van der Waals surface area contributed by atoms with Crippen LogP contribution in [0.5, 0.6) is 0 Å². The van der Waals surface area contributed by atoms with Gasteiger partial charge in [-0.3, -0.25) is 10.1 Å². The van der Waals surface area contributed by atoms with Gasteiger partial charge in [0.05, 0.1) is 11.0 Å². The van der Waals surface area contributed by atoms with E-state index in [9.17, 15) is 10.1 Å². The van der Waals surface area contributed by atoms with Gasteiger partial charge < -0.3 is 5.11 Å². The van der Waals surface area contributed by atoms with Crippen LogP contribution in [0.3, 0.4) is 0 Å². The average Bonchev–Trinajstić information content (AvgIpc) is 2.17. The van der Waals surface area contributed by atoms with Crippen LogP contribution in [0, 0.1) is 10.1 Å². The summed E-state index contributed by atoms with van der Waals surface area (Å²) in [5.41, 5.74) is 0.909. The second-order valence-electron chi connectivity index (χ2n) is 3.63. The van der Waals surface area contributed by atoms with Crippen molar-refractivity contribution < 1.29 is 10.0 Å². The lowest BCUT2D eigenvalue weighted by Crippen LogP contribution is -2.01. The number of aryl methyl sites for hydroxylation is 1. The van der Waals surface area contributed by atoms with E-state index in [1.54, 1.807) is 25.1 Å². The highest BCUT2D eigenvalue weighted by molar-refractivity contribution is 5.39. The molecule has 0 bridgehead atoms. The molecule has 1 atom stereocenters. The summed E-state index contributed by atoms with van der Waals surface area (Å²) in [6.07, 6.45) is 1.74. The van der Waals surface area contributed by atoms with E-state index in [-0.39, 0.29) is 16.7 Å². The maximum atomic E-state index is 10.7. The van der Waals surface area contributed by atoms with E-state index >= 15 is 0 Å². The second-order valence-corrected chi connectivity index (χ2v) is 3.63. The van der Waals surface area contributed by atoms with Crippen LogP contribution >= 0.6 is 0 Å². The number of aliphatic hydroxyl groups is 1. The number of benzene rings is 1. The van der Waals surface area contributed by atoms with E-state index in [1.807, 2.05) is 0 Å². The lowest BCUT2D eigenvalue weighted by atomic mass is 10.0. The predicted molar refractivity (Wildman–Crippen MR) is 57.7 cm³/mol. The number of rotatable bonds is 5. The molecule has 4 nitrogen and oxygen atoms in total. The molecule has 0 aliphatic rings. The molecule has 0 fully saturated rings. The molecule has 15 heavy (non-hydrogen) atoms. The SMILES string of the molecule is CC(O)CCCc1ccccc1[N+](=O)[O-]. The van der Waals surface area contributed by atoms with E-state index < -0.39 is 0 Å². The molecular weight excluding hydrogens is 194 g/mol. The summed E-state index contributed by atoms with van der Waals surface area (Å²) in [6.45, 7) is 1.72. The molecule has 1 rings (SSSR count). The molecule has 0 heterocycles. The molecule has 0 aliphatic carbocycles. The van der Waals surface area contributed by atoms with E-state index in [4.69, 9.17) is 5.11 Å². The van der Waals surface area contributed by atoms with Gasteiger partial charge in [-0.05, 0) is 26.2 Å². The third-order valence-electron chi connectivity index (χ3n) is 2.26. The fraction of sp³-hybridized carbons (Fsp3) is 0.455. The maximum absolute atomic E-state index is 10.7. The minimum atomic E-state index is -0.363. The Hall–Kier alpha value is -1.42. The van der Waals surface area contributed by atoms with Gasteiger partial charge in [-0.15, -0.1) is 0 Å². The quantitative estimate of drug-likeness (QED) is 0.597. The molecule has 1 aromatic carbocycles. The third-order valence-corrected chi connectivity index (χ3v) is 2.26. The highest BCUT2D eigenvalue weighted by Gasteiger charge is 2.11. The first-order valence-electron chi connectivity index (χ1n) is 5.01. The summed E-state index contributed by atoms with van der Waals surface area (Å²) >= 11 is 0. The van der Waals surface area contributed by atoms with Crippen molar-refractivity contribution in [2.45, 2.75) is 32.3 Å². The highest BCUT2D eigenvalue weighted by atomic mass is 16.6. The third kappa shape index (κ3) is 3.67. The zero-order chi connectivity index (χ0) is 11.3. The Morgan fingerprint density at radius 2 is 2.13 bits per heavy atom. The molecule has 1 aromatic rings. The molecule has 0 aliphatic heterocycles. The van der Waals surface area contributed by atoms with Gasteiger partial charge in [0.1, 0.15) is 0 Å². The molecule has 1 N–H and O–H groups in total. The van der Waals surface area contributed by atoms with E-state index in [1.165, 1.54) is 6.07 Å². The molecular formula is C11H15NO3. The number of nitro groups is 1. The summed E-state index contributed by atoms with van der Waals surface area (Å²) in [5.74, 6) is 0. The van der Waals surface area contributed by atoms with Crippen molar-refractivity contribution in [2.75, 3.05) is 0 Å². The second kappa shape index (κ2) is 5.46. The molecule has 82 valence electrons. The lowest BCUT2D eigenvalue weighted by Gasteiger charge is -2.04. The van der Waals surface area contributed by atoms with Crippen LogP contribution in [0.15, 0.2) is 24.3 Å². The van der Waals surface area contributed by atoms with Gasteiger partial charge in [0.2, 0.25) is 0 Å². The average molecular weight is 209 g/mol. The van der Waals surface area contributed by atoms with Gasteiger partial charge in [0.25, 0.3) is 5.69 Å². The van der Waals surface area contributed by atoms with E-state index in [0.717, 1.165) is 12.0 Å². The van der Waals surface area contributed by atoms with Crippen LogP contribution in [-0.2, 0) is 6.42 Å². The smallest absolute Gasteiger partial charge is 0.272 e. The van der Waals surface area contributed by atoms with Crippen LogP contribution in [0.1, 0.15) is 25.3 Å². The summed E-state index contributed by atoms with van der Waals surface area (Å²) in [7, 11) is 0. The zero-order valence-electron chi connectivity index (χ0n) is 8.72. The molecule has 0 saturated carbocycles. The highest BCUT2D eigenvalue weighted by Crippen LogP contribution is 2.19. The molecule has 0 radical (unpaired) electrons. The first-order chi connectivity index (χ1) is 7.11. The van der Waals surface area contributed by atoms with Crippen molar-refractivity contribution in [3.63, 3.8) is 0 Å². The molecule has 0 saturated heterocycles. The zero-order valence-corrected chi connectivity index (χ0v) is 8.72. The molecule has 1 unspecified atom stereocenters. The topological polar surface area (TPSA) is 63.4 Å². The van der Waals surface area contributed by atoms with Crippen molar-refractivity contribution >= 4 is 5.69 Å². The summed E-state index contributed by atoms with van der Waals surface area (Å²) < 4.78 is 0. The van der Waals surface area contributed by atoms with Crippen LogP contribution in [0.2, 0.25) is 0 Å². The van der Waals surface area contributed by atoms with Crippen molar-refractivity contribution in [3.8, 4) is 0 Å². The van der Waals surface area contributed by atoms with Gasteiger partial charge in [0.15, 0.2) is 0 Å². The Labute approximate surface area is 88.7 Å². The van der Waals surface area contributed by atoms with Gasteiger partial charge in [-0.2, -0.15) is 0 Å². The van der Waals surface area contributed by atoms with Crippen LogP contribution in [0.4, 0.5) is 5.69 Å². The number of aliphatic hydroxyl groups excluding tert-OH is 1. The summed E-state index contributed by atoms with van der Waals surface area (Å²) in [6, 6.07) is 6.74. The monoisotopic (exact) mass is 209 g/mol. The number of para-hydroxylation sites is 1. The number of hydrogen-bond acceptors (Lipinski definition) is 3. The van der Waals surface area contributed by atoms with Crippen molar-refractivity contribution in [1.29, 1.82) is 0 Å². The number of nitro benzene ring substituents is 1. The minimum absolute atomic E-state index is 0.170. The first kappa shape index (κ1) is 11.7. The van der Waals surface area contributed by atoms with Crippen LogP contribution < -0.4 is 0 Å². The standard InChI is InChI=1S/C11H15NO3/c1-9(13)5-4-7-10-6-2-3-8-11(10)12(14)15/h2-3,6,8-9,13H,4-5,7H2,1H3. The summed E-state index contributed by atoms with van der Waals surface area (Å²) in [5, 5.41) is 19.7. The van der Waals surface area contributed by atoms with E-state index in [2.05, 4.69) is 0 Å². The number of nitrogens with zero attached hydrogens (tertiary/aromatic N) is 1. The Balaban J connectivity index is 2.63. The van der Waals surface area contributed by atoms with Crippen LogP contribution in [0.25, 0.3) is 0 Å². The number of hydrogen-bond donors (Lipinski definition) is 1. The van der Waals surface area contributed by atoms with Crippen molar-refractivity contribution in [3.05, 3.63) is 39.9 Å². The molecule has 0 amide bonds. The Bertz CT molecular complexity index is 336. The fourth-order valence-electron chi connectivity index (χ4n) is 1.49. The lowest BCUT2D eigenvalue weighted by molar-refractivity contribution is -0.385. The normalized spacial score (nSPS) is 12.4. The minimum Gasteiger partial charge on any atom is -0.393 e. The largest absolute Gasteiger partial charge is 0.393 e. The van der Waals surface area contributed by atoms with Gasteiger partial charge in [-0.1, -0.05) is 18.2 Å². The maximum Gasteiger partial charge on any atom is 0.272 e. The van der Waals surface area contributed by atoms with Crippen LogP contribution in [-0.4, -0.2) is 16.1 Å². The molecule has 4 heteroatoms.